The van der Waals surface area contributed by atoms with Gasteiger partial charge in [0.15, 0.2) is 11.5 Å². The van der Waals surface area contributed by atoms with E-state index in [1.54, 1.807) is 12.1 Å². The molecule has 1 heterocycles. The molecule has 0 amide bonds. The molecule has 0 bridgehead atoms. The Labute approximate surface area is 108 Å². The summed E-state index contributed by atoms with van der Waals surface area (Å²) < 4.78 is 10.3. The molecular weight excluding hydrogens is 258 g/mol. The quantitative estimate of drug-likeness (QED) is 0.925. The molecule has 1 N–H and O–H groups in total. The topological polar surface area (TPSA) is 72.6 Å². The van der Waals surface area contributed by atoms with E-state index in [0.29, 0.717) is 16.3 Å². The number of aromatic nitrogens is 1. The van der Waals surface area contributed by atoms with Crippen molar-refractivity contribution in [2.45, 2.75) is 6.92 Å². The molecule has 2 rings (SSSR count). The number of methoxy groups -OCH3 is 1. The predicted octanol–water partition coefficient (Wildman–Crippen LogP) is 3.01. The minimum absolute atomic E-state index is 0.176. The van der Waals surface area contributed by atoms with Crippen molar-refractivity contribution in [1.82, 2.24) is 5.16 Å². The molecule has 0 saturated heterocycles. The second-order valence-electron chi connectivity index (χ2n) is 3.65. The van der Waals surface area contributed by atoms with Gasteiger partial charge in [0, 0.05) is 6.07 Å². The third-order valence-corrected chi connectivity index (χ3v) is 2.80. The molecule has 2 aromatic rings. The summed E-state index contributed by atoms with van der Waals surface area (Å²) in [5, 5.41) is 12.7. The van der Waals surface area contributed by atoms with Crippen LogP contribution < -0.4 is 4.74 Å². The molecule has 1 aromatic carbocycles. The highest BCUT2D eigenvalue weighted by Gasteiger charge is 2.19. The summed E-state index contributed by atoms with van der Waals surface area (Å²) >= 11 is 6.09. The van der Waals surface area contributed by atoms with E-state index >= 15 is 0 Å². The highest BCUT2D eigenvalue weighted by atomic mass is 35.5. The molecule has 0 spiro atoms. The first kappa shape index (κ1) is 12.4. The minimum Gasteiger partial charge on any atom is -0.496 e. The van der Waals surface area contributed by atoms with Gasteiger partial charge in [0.2, 0.25) is 0 Å². The summed E-state index contributed by atoms with van der Waals surface area (Å²) in [4.78, 5) is 10.8. The Morgan fingerprint density at radius 2 is 2.22 bits per heavy atom. The first-order chi connectivity index (χ1) is 8.54. The van der Waals surface area contributed by atoms with Crippen LogP contribution in [-0.2, 0) is 0 Å². The lowest BCUT2D eigenvalue weighted by Crippen LogP contribution is -1.94. The van der Waals surface area contributed by atoms with Gasteiger partial charge in [-0.1, -0.05) is 22.8 Å². The van der Waals surface area contributed by atoms with E-state index < -0.39 is 5.97 Å². The van der Waals surface area contributed by atoms with Crippen LogP contribution in [0.1, 0.15) is 16.1 Å². The number of ether oxygens (including phenoxy) is 1. The molecule has 6 heteroatoms. The van der Waals surface area contributed by atoms with Gasteiger partial charge in [-0.15, -0.1) is 0 Å². The van der Waals surface area contributed by atoms with E-state index in [9.17, 15) is 4.79 Å². The number of halogens is 1. The maximum atomic E-state index is 10.8. The Bertz CT molecular complexity index is 606. The molecule has 0 unspecified atom stereocenters. The molecule has 0 radical (unpaired) electrons. The van der Waals surface area contributed by atoms with E-state index in [4.69, 9.17) is 26.0 Å². The smallest absolute Gasteiger partial charge is 0.358 e. The van der Waals surface area contributed by atoms with Crippen molar-refractivity contribution in [2.24, 2.45) is 0 Å². The Kier molecular flexibility index (Phi) is 3.25. The Morgan fingerprint density at radius 1 is 1.50 bits per heavy atom. The molecular formula is C12H10ClNO4. The van der Waals surface area contributed by atoms with Crippen molar-refractivity contribution < 1.29 is 19.2 Å². The average Bonchev–Trinajstić information content (AvgIpc) is 2.81. The van der Waals surface area contributed by atoms with E-state index in [2.05, 4.69) is 5.16 Å². The van der Waals surface area contributed by atoms with Gasteiger partial charge in [0.25, 0.3) is 0 Å². The fourth-order valence-corrected chi connectivity index (χ4v) is 1.89. The number of carboxylic acids is 1. The van der Waals surface area contributed by atoms with E-state index in [-0.39, 0.29) is 11.5 Å². The van der Waals surface area contributed by atoms with Crippen molar-refractivity contribution >= 4 is 17.6 Å². The minimum atomic E-state index is -1.16. The fourth-order valence-electron chi connectivity index (χ4n) is 1.65. The Balaban J connectivity index is 2.62. The lowest BCUT2D eigenvalue weighted by molar-refractivity contribution is 0.0686. The van der Waals surface area contributed by atoms with Crippen molar-refractivity contribution in [3.8, 4) is 17.1 Å². The van der Waals surface area contributed by atoms with Crippen molar-refractivity contribution in [2.75, 3.05) is 7.11 Å². The standard InChI is InChI=1S/C12H10ClNO4/c1-6-3-4-7(13)10(11(6)17-2)9-5-8(12(15)16)14-18-9/h3-5H,1-2H3,(H,15,16). The summed E-state index contributed by atoms with van der Waals surface area (Å²) in [5.41, 5.74) is 1.19. The average molecular weight is 268 g/mol. The number of aryl methyl sites for hydroxylation is 1. The second-order valence-corrected chi connectivity index (χ2v) is 4.06. The summed E-state index contributed by atoms with van der Waals surface area (Å²) in [5.74, 6) is -0.360. The zero-order valence-corrected chi connectivity index (χ0v) is 10.5. The van der Waals surface area contributed by atoms with Crippen LogP contribution >= 0.6 is 11.6 Å². The van der Waals surface area contributed by atoms with Gasteiger partial charge in [-0.25, -0.2) is 4.79 Å². The van der Waals surface area contributed by atoms with E-state index in [0.717, 1.165) is 5.56 Å². The van der Waals surface area contributed by atoms with Crippen LogP contribution in [-0.4, -0.2) is 23.3 Å². The molecule has 5 nitrogen and oxygen atoms in total. The molecule has 0 fully saturated rings. The molecule has 0 aliphatic heterocycles. The van der Waals surface area contributed by atoms with Crippen LogP contribution in [0, 0.1) is 6.92 Å². The van der Waals surface area contributed by atoms with E-state index in [1.807, 2.05) is 6.92 Å². The first-order valence-corrected chi connectivity index (χ1v) is 5.46. The predicted molar refractivity (Wildman–Crippen MR) is 65.2 cm³/mol. The van der Waals surface area contributed by atoms with Gasteiger partial charge < -0.3 is 14.4 Å². The van der Waals surface area contributed by atoms with Crippen LogP contribution in [0.25, 0.3) is 11.3 Å². The highest BCUT2D eigenvalue weighted by Crippen LogP contribution is 2.38. The molecule has 0 aliphatic carbocycles. The lowest BCUT2D eigenvalue weighted by atomic mass is 10.1. The normalized spacial score (nSPS) is 10.4. The fraction of sp³-hybridized carbons (Fsp3) is 0.167. The van der Waals surface area contributed by atoms with Gasteiger partial charge in [-0.05, 0) is 18.6 Å². The first-order valence-electron chi connectivity index (χ1n) is 5.08. The van der Waals surface area contributed by atoms with Crippen LogP contribution in [0.2, 0.25) is 5.02 Å². The van der Waals surface area contributed by atoms with Crippen LogP contribution in [0.4, 0.5) is 0 Å². The van der Waals surface area contributed by atoms with E-state index in [1.165, 1.54) is 13.2 Å². The third kappa shape index (κ3) is 2.04. The number of hydrogen-bond acceptors (Lipinski definition) is 4. The molecule has 0 atom stereocenters. The van der Waals surface area contributed by atoms with Crippen molar-refractivity contribution in [3.05, 3.63) is 34.5 Å². The molecule has 94 valence electrons. The molecule has 18 heavy (non-hydrogen) atoms. The van der Waals surface area contributed by atoms with Crippen LogP contribution in [0.3, 0.4) is 0 Å². The zero-order chi connectivity index (χ0) is 13.3. The highest BCUT2D eigenvalue weighted by molar-refractivity contribution is 6.33. The van der Waals surface area contributed by atoms with Gasteiger partial charge in [-0.3, -0.25) is 0 Å². The summed E-state index contributed by atoms with van der Waals surface area (Å²) in [6.07, 6.45) is 0. The largest absolute Gasteiger partial charge is 0.496 e. The van der Waals surface area contributed by atoms with Gasteiger partial charge in [-0.2, -0.15) is 0 Å². The monoisotopic (exact) mass is 267 g/mol. The van der Waals surface area contributed by atoms with Gasteiger partial charge >= 0.3 is 5.97 Å². The summed E-state index contributed by atoms with van der Waals surface area (Å²) in [7, 11) is 1.51. The maximum absolute atomic E-state index is 10.8. The summed E-state index contributed by atoms with van der Waals surface area (Å²) in [6.45, 7) is 1.85. The number of carboxylic acid groups (broad SMARTS) is 1. The number of benzene rings is 1. The number of nitrogens with zero attached hydrogens (tertiary/aromatic N) is 1. The number of hydrogen-bond donors (Lipinski definition) is 1. The molecule has 0 saturated carbocycles. The Morgan fingerprint density at radius 3 is 2.78 bits per heavy atom. The SMILES string of the molecule is COc1c(C)ccc(Cl)c1-c1cc(C(=O)O)no1. The molecule has 1 aromatic heterocycles. The van der Waals surface area contributed by atoms with Crippen molar-refractivity contribution in [1.29, 1.82) is 0 Å². The van der Waals surface area contributed by atoms with Crippen LogP contribution in [0.5, 0.6) is 5.75 Å². The van der Waals surface area contributed by atoms with Crippen molar-refractivity contribution in [3.63, 3.8) is 0 Å². The number of carbonyl (C=O) groups is 1. The lowest BCUT2D eigenvalue weighted by Gasteiger charge is -2.10. The molecule has 0 aliphatic rings. The second kappa shape index (κ2) is 4.70. The van der Waals surface area contributed by atoms with Crippen LogP contribution in [0.15, 0.2) is 22.7 Å². The zero-order valence-electron chi connectivity index (χ0n) is 9.73. The van der Waals surface area contributed by atoms with Gasteiger partial charge in [0.05, 0.1) is 17.7 Å². The maximum Gasteiger partial charge on any atom is 0.358 e. The Hall–Kier alpha value is -2.01. The number of aromatic carboxylic acids is 1. The summed E-state index contributed by atoms with van der Waals surface area (Å²) in [6, 6.07) is 4.81. The third-order valence-electron chi connectivity index (χ3n) is 2.48. The number of rotatable bonds is 3. The van der Waals surface area contributed by atoms with Gasteiger partial charge in [0.1, 0.15) is 5.75 Å².